The van der Waals surface area contributed by atoms with Crippen molar-refractivity contribution in [3.63, 3.8) is 0 Å². The molecule has 2 aromatic rings. The minimum Gasteiger partial charge on any atom is -0.504 e. The zero-order valence-corrected chi connectivity index (χ0v) is 13.9. The van der Waals surface area contributed by atoms with Crippen molar-refractivity contribution in [1.29, 1.82) is 0 Å². The predicted molar refractivity (Wildman–Crippen MR) is 95.1 cm³/mol. The first-order valence-corrected chi connectivity index (χ1v) is 7.66. The van der Waals surface area contributed by atoms with Gasteiger partial charge in [-0.1, -0.05) is 6.07 Å². The molecule has 0 aromatic heterocycles. The monoisotopic (exact) mass is 341 g/mol. The molecule has 2 rings (SSSR count). The molecule has 7 nitrogen and oxygen atoms in total. The lowest BCUT2D eigenvalue weighted by Gasteiger charge is -2.06. The SMILES string of the molecule is CCOc1cc(/C=N\NC(=O)c2cccc(NC(C)=O)c2)ccc1O. The molecule has 0 radical (unpaired) electrons. The maximum absolute atomic E-state index is 12.1. The highest BCUT2D eigenvalue weighted by Gasteiger charge is 2.06. The fraction of sp³-hybridized carbons (Fsp3) is 0.167. The first-order chi connectivity index (χ1) is 12.0. The quantitative estimate of drug-likeness (QED) is 0.555. The van der Waals surface area contributed by atoms with Crippen LogP contribution in [0.4, 0.5) is 5.69 Å². The average Bonchev–Trinajstić information content (AvgIpc) is 2.57. The molecule has 0 atom stereocenters. The highest BCUT2D eigenvalue weighted by atomic mass is 16.5. The van der Waals surface area contributed by atoms with Crippen LogP contribution in [0.25, 0.3) is 0 Å². The number of hydrazone groups is 1. The maximum Gasteiger partial charge on any atom is 0.271 e. The van der Waals surface area contributed by atoms with Gasteiger partial charge in [-0.15, -0.1) is 0 Å². The molecule has 0 aliphatic rings. The van der Waals surface area contributed by atoms with Gasteiger partial charge in [-0.3, -0.25) is 9.59 Å². The average molecular weight is 341 g/mol. The molecule has 2 aromatic carbocycles. The Morgan fingerprint density at radius 3 is 2.76 bits per heavy atom. The first-order valence-electron chi connectivity index (χ1n) is 7.66. The third-order valence-corrected chi connectivity index (χ3v) is 3.11. The molecule has 0 aliphatic carbocycles. The summed E-state index contributed by atoms with van der Waals surface area (Å²) >= 11 is 0. The number of benzene rings is 2. The number of aromatic hydroxyl groups is 1. The smallest absolute Gasteiger partial charge is 0.271 e. The van der Waals surface area contributed by atoms with Crippen LogP contribution in [0.3, 0.4) is 0 Å². The van der Waals surface area contributed by atoms with Gasteiger partial charge in [-0.05, 0) is 48.9 Å². The second-order valence-electron chi connectivity index (χ2n) is 5.12. The summed E-state index contributed by atoms with van der Waals surface area (Å²) in [6, 6.07) is 11.3. The van der Waals surface area contributed by atoms with E-state index in [1.54, 1.807) is 36.4 Å². The second kappa shape index (κ2) is 8.49. The van der Waals surface area contributed by atoms with Crippen LogP contribution in [0.15, 0.2) is 47.6 Å². The van der Waals surface area contributed by atoms with Crippen LogP contribution in [-0.2, 0) is 4.79 Å². The number of anilines is 1. The van der Waals surface area contributed by atoms with Crippen molar-refractivity contribution < 1.29 is 19.4 Å². The Labute approximate surface area is 145 Å². The van der Waals surface area contributed by atoms with Gasteiger partial charge in [-0.2, -0.15) is 5.10 Å². The summed E-state index contributed by atoms with van der Waals surface area (Å²) in [6.07, 6.45) is 1.44. The number of phenols is 1. The molecule has 130 valence electrons. The number of phenolic OH excluding ortho intramolecular Hbond substituents is 1. The van der Waals surface area contributed by atoms with E-state index in [0.717, 1.165) is 0 Å². The Balaban J connectivity index is 2.03. The van der Waals surface area contributed by atoms with Gasteiger partial charge >= 0.3 is 0 Å². The lowest BCUT2D eigenvalue weighted by atomic mass is 10.2. The van der Waals surface area contributed by atoms with Gasteiger partial charge in [0.15, 0.2) is 11.5 Å². The normalized spacial score (nSPS) is 10.5. The molecule has 2 amide bonds. The minimum atomic E-state index is -0.410. The number of hydrogen-bond acceptors (Lipinski definition) is 5. The number of nitrogens with zero attached hydrogens (tertiary/aromatic N) is 1. The number of ether oxygens (including phenoxy) is 1. The molecule has 0 unspecified atom stereocenters. The molecule has 0 spiro atoms. The largest absolute Gasteiger partial charge is 0.504 e. The van der Waals surface area contributed by atoms with Crippen molar-refractivity contribution >= 4 is 23.7 Å². The first kappa shape index (κ1) is 18.0. The van der Waals surface area contributed by atoms with E-state index in [-0.39, 0.29) is 11.7 Å². The number of amides is 2. The van der Waals surface area contributed by atoms with E-state index in [0.29, 0.717) is 29.2 Å². The molecule has 7 heteroatoms. The number of carbonyl (C=O) groups is 2. The molecular formula is C18H19N3O4. The summed E-state index contributed by atoms with van der Waals surface area (Å²) in [7, 11) is 0. The Morgan fingerprint density at radius 1 is 1.24 bits per heavy atom. The molecule has 0 saturated carbocycles. The molecule has 0 heterocycles. The van der Waals surface area contributed by atoms with Crippen LogP contribution in [-0.4, -0.2) is 29.7 Å². The highest BCUT2D eigenvalue weighted by molar-refractivity contribution is 5.97. The number of hydrogen-bond donors (Lipinski definition) is 3. The molecule has 0 bridgehead atoms. The van der Waals surface area contributed by atoms with E-state index in [1.807, 2.05) is 6.92 Å². The van der Waals surface area contributed by atoms with Gasteiger partial charge < -0.3 is 15.2 Å². The van der Waals surface area contributed by atoms with E-state index in [2.05, 4.69) is 15.8 Å². The van der Waals surface area contributed by atoms with Gasteiger partial charge in [0.1, 0.15) is 0 Å². The van der Waals surface area contributed by atoms with Crippen molar-refractivity contribution in [3.8, 4) is 11.5 Å². The van der Waals surface area contributed by atoms with Crippen LogP contribution in [0.5, 0.6) is 11.5 Å². The summed E-state index contributed by atoms with van der Waals surface area (Å²) in [5.74, 6) is -0.237. The maximum atomic E-state index is 12.1. The van der Waals surface area contributed by atoms with Crippen molar-refractivity contribution in [2.75, 3.05) is 11.9 Å². The van der Waals surface area contributed by atoms with Crippen LogP contribution in [0.2, 0.25) is 0 Å². The van der Waals surface area contributed by atoms with E-state index in [4.69, 9.17) is 4.74 Å². The van der Waals surface area contributed by atoms with E-state index in [9.17, 15) is 14.7 Å². The van der Waals surface area contributed by atoms with E-state index < -0.39 is 5.91 Å². The molecule has 0 aliphatic heterocycles. The fourth-order valence-electron chi connectivity index (χ4n) is 2.05. The van der Waals surface area contributed by atoms with Gasteiger partial charge in [0.05, 0.1) is 12.8 Å². The van der Waals surface area contributed by atoms with Crippen molar-refractivity contribution in [1.82, 2.24) is 5.43 Å². The summed E-state index contributed by atoms with van der Waals surface area (Å²) < 4.78 is 5.29. The number of carbonyl (C=O) groups excluding carboxylic acids is 2. The van der Waals surface area contributed by atoms with Crippen LogP contribution < -0.4 is 15.5 Å². The molecule has 0 fully saturated rings. The van der Waals surface area contributed by atoms with Crippen LogP contribution in [0, 0.1) is 0 Å². The minimum absolute atomic E-state index is 0.0396. The lowest BCUT2D eigenvalue weighted by molar-refractivity contribution is -0.114. The van der Waals surface area contributed by atoms with Crippen LogP contribution in [0.1, 0.15) is 29.8 Å². The fourth-order valence-corrected chi connectivity index (χ4v) is 2.05. The van der Waals surface area contributed by atoms with Gasteiger partial charge in [0, 0.05) is 18.2 Å². The molecule has 25 heavy (non-hydrogen) atoms. The zero-order chi connectivity index (χ0) is 18.2. The summed E-state index contributed by atoms with van der Waals surface area (Å²) in [5, 5.41) is 16.1. The number of rotatable bonds is 6. The van der Waals surface area contributed by atoms with Crippen molar-refractivity contribution in [2.45, 2.75) is 13.8 Å². The Morgan fingerprint density at radius 2 is 2.04 bits per heavy atom. The van der Waals surface area contributed by atoms with Crippen molar-refractivity contribution in [3.05, 3.63) is 53.6 Å². The van der Waals surface area contributed by atoms with Crippen molar-refractivity contribution in [2.24, 2.45) is 5.10 Å². The third-order valence-electron chi connectivity index (χ3n) is 3.11. The molecular weight excluding hydrogens is 322 g/mol. The second-order valence-corrected chi connectivity index (χ2v) is 5.12. The lowest BCUT2D eigenvalue weighted by Crippen LogP contribution is -2.18. The summed E-state index contributed by atoms with van der Waals surface area (Å²) in [4.78, 5) is 23.2. The topological polar surface area (TPSA) is 100 Å². The Bertz CT molecular complexity index is 803. The summed E-state index contributed by atoms with van der Waals surface area (Å²) in [6.45, 7) is 3.64. The van der Waals surface area contributed by atoms with Gasteiger partial charge in [0.2, 0.25) is 5.91 Å². The Hall–Kier alpha value is -3.35. The molecule has 3 N–H and O–H groups in total. The molecule has 0 saturated heterocycles. The van der Waals surface area contributed by atoms with E-state index in [1.165, 1.54) is 19.2 Å². The Kier molecular flexibility index (Phi) is 6.11. The van der Waals surface area contributed by atoms with Crippen LogP contribution >= 0.6 is 0 Å². The number of nitrogens with one attached hydrogen (secondary N) is 2. The van der Waals surface area contributed by atoms with E-state index >= 15 is 0 Å². The van der Waals surface area contributed by atoms with Gasteiger partial charge in [-0.25, -0.2) is 5.43 Å². The van der Waals surface area contributed by atoms with Gasteiger partial charge in [0.25, 0.3) is 5.91 Å². The highest BCUT2D eigenvalue weighted by Crippen LogP contribution is 2.26. The zero-order valence-electron chi connectivity index (χ0n) is 13.9. The predicted octanol–water partition coefficient (Wildman–Crippen LogP) is 2.51. The summed E-state index contributed by atoms with van der Waals surface area (Å²) in [5.41, 5.74) is 3.97. The third kappa shape index (κ3) is 5.35. The standard InChI is InChI=1S/C18H19N3O4/c1-3-25-17-9-13(7-8-16(17)23)11-19-21-18(24)14-5-4-6-15(10-14)20-12(2)22/h4-11,23H,3H2,1-2H3,(H,20,22)(H,21,24)/b19-11-.